The molecule has 2 rings (SSSR count). The van der Waals surface area contributed by atoms with E-state index in [4.69, 9.17) is 22.1 Å². The van der Waals surface area contributed by atoms with E-state index in [2.05, 4.69) is 27.9 Å². The Kier molecular flexibility index (Phi) is 4.92. The molecule has 1 aromatic carbocycles. The Hall–Kier alpha value is -0.530. The third kappa shape index (κ3) is 3.73. The monoisotopic (exact) mass is 394 g/mol. The first-order valence-corrected chi connectivity index (χ1v) is 7.55. The minimum absolute atomic E-state index is 0.0364. The second-order valence-electron chi connectivity index (χ2n) is 4.68. The molecule has 1 amide bonds. The number of halogens is 2. The number of benzene rings is 1. The van der Waals surface area contributed by atoms with Crippen LogP contribution in [0, 0.1) is 9.49 Å². The zero-order valence-electron chi connectivity index (χ0n) is 10.6. The predicted molar refractivity (Wildman–Crippen MR) is 83.8 cm³/mol. The fraction of sp³-hybridized carbons (Fsp3) is 0.462. The van der Waals surface area contributed by atoms with Crippen LogP contribution in [-0.2, 0) is 0 Å². The lowest BCUT2D eigenvalue weighted by Gasteiger charge is -2.14. The summed E-state index contributed by atoms with van der Waals surface area (Å²) >= 11 is 8.14. The summed E-state index contributed by atoms with van der Waals surface area (Å²) in [7, 11) is 1.53. The van der Waals surface area contributed by atoms with Gasteiger partial charge in [-0.25, -0.2) is 0 Å². The second-order valence-corrected chi connectivity index (χ2v) is 6.25. The fourth-order valence-corrected chi connectivity index (χ4v) is 2.47. The second kappa shape index (κ2) is 6.28. The van der Waals surface area contributed by atoms with Crippen LogP contribution in [0.5, 0.6) is 5.75 Å². The van der Waals surface area contributed by atoms with Crippen molar-refractivity contribution in [1.82, 2.24) is 5.32 Å². The van der Waals surface area contributed by atoms with Gasteiger partial charge in [-0.1, -0.05) is 11.6 Å². The first kappa shape index (κ1) is 14.9. The van der Waals surface area contributed by atoms with E-state index in [0.717, 1.165) is 16.4 Å². The van der Waals surface area contributed by atoms with Gasteiger partial charge in [-0.15, -0.1) is 0 Å². The molecule has 0 saturated heterocycles. The van der Waals surface area contributed by atoms with Gasteiger partial charge in [0.15, 0.2) is 0 Å². The van der Waals surface area contributed by atoms with Crippen molar-refractivity contribution in [2.24, 2.45) is 11.7 Å². The highest BCUT2D eigenvalue weighted by Crippen LogP contribution is 2.31. The van der Waals surface area contributed by atoms with Crippen LogP contribution in [-0.4, -0.2) is 25.6 Å². The number of hydrogen-bond acceptors (Lipinski definition) is 3. The number of nitrogens with one attached hydrogen (secondary N) is 1. The average molecular weight is 395 g/mol. The maximum atomic E-state index is 12.1. The van der Waals surface area contributed by atoms with Crippen molar-refractivity contribution in [1.29, 1.82) is 0 Å². The van der Waals surface area contributed by atoms with Crippen molar-refractivity contribution < 1.29 is 9.53 Å². The first-order chi connectivity index (χ1) is 9.02. The number of nitrogens with two attached hydrogens (primary N) is 1. The number of rotatable bonds is 5. The smallest absolute Gasteiger partial charge is 0.255 e. The van der Waals surface area contributed by atoms with Crippen LogP contribution in [0.3, 0.4) is 0 Å². The molecule has 4 nitrogen and oxygen atoms in total. The van der Waals surface area contributed by atoms with E-state index >= 15 is 0 Å². The van der Waals surface area contributed by atoms with Crippen molar-refractivity contribution in [2.75, 3.05) is 13.7 Å². The third-order valence-electron chi connectivity index (χ3n) is 3.21. The van der Waals surface area contributed by atoms with E-state index in [1.54, 1.807) is 12.1 Å². The molecule has 6 heteroatoms. The maximum Gasteiger partial charge on any atom is 0.255 e. The zero-order chi connectivity index (χ0) is 14.0. The maximum absolute atomic E-state index is 12.1. The number of carbonyl (C=O) groups is 1. The Morgan fingerprint density at radius 3 is 2.89 bits per heavy atom. The van der Waals surface area contributed by atoms with E-state index in [1.165, 1.54) is 7.11 Å². The minimum atomic E-state index is -0.203. The lowest BCUT2D eigenvalue weighted by Crippen LogP contribution is -2.38. The van der Waals surface area contributed by atoms with Crippen LogP contribution >= 0.6 is 34.2 Å². The van der Waals surface area contributed by atoms with Crippen molar-refractivity contribution >= 4 is 40.1 Å². The summed E-state index contributed by atoms with van der Waals surface area (Å²) in [6.45, 7) is 0.482. The van der Waals surface area contributed by atoms with Crippen molar-refractivity contribution in [3.05, 3.63) is 26.3 Å². The van der Waals surface area contributed by atoms with E-state index < -0.39 is 0 Å². The summed E-state index contributed by atoms with van der Waals surface area (Å²) in [5.74, 6) is 0.875. The predicted octanol–water partition coefficient (Wildman–Crippen LogP) is 2.42. The molecule has 1 aliphatic rings. The van der Waals surface area contributed by atoms with Gasteiger partial charge in [-0.3, -0.25) is 4.79 Å². The first-order valence-electron chi connectivity index (χ1n) is 6.09. The van der Waals surface area contributed by atoms with E-state index in [-0.39, 0.29) is 11.9 Å². The Morgan fingerprint density at radius 1 is 1.63 bits per heavy atom. The Balaban J connectivity index is 2.06. The highest BCUT2D eigenvalue weighted by atomic mass is 127. The van der Waals surface area contributed by atoms with Crippen LogP contribution in [0.25, 0.3) is 0 Å². The topological polar surface area (TPSA) is 64.3 Å². The quantitative estimate of drug-likeness (QED) is 0.754. The normalized spacial score (nSPS) is 16.0. The SMILES string of the molecule is COc1cc(I)c(Cl)cc1C(=O)NCC(N)C1CC1. The number of methoxy groups -OCH3 is 1. The third-order valence-corrected chi connectivity index (χ3v) is 4.74. The molecule has 1 aromatic rings. The molecule has 0 radical (unpaired) electrons. The molecule has 1 saturated carbocycles. The van der Waals surface area contributed by atoms with Crippen LogP contribution in [0.4, 0.5) is 0 Å². The molecular formula is C13H16ClIN2O2. The molecule has 0 aliphatic heterocycles. The number of hydrogen-bond donors (Lipinski definition) is 2. The fourth-order valence-electron chi connectivity index (χ4n) is 1.87. The molecule has 19 heavy (non-hydrogen) atoms. The van der Waals surface area contributed by atoms with Gasteiger partial charge < -0.3 is 15.8 Å². The molecule has 0 aromatic heterocycles. The average Bonchev–Trinajstić information content (AvgIpc) is 3.22. The van der Waals surface area contributed by atoms with Crippen molar-refractivity contribution in [3.8, 4) is 5.75 Å². The molecule has 0 heterocycles. The molecule has 0 bridgehead atoms. The van der Waals surface area contributed by atoms with Gasteiger partial charge >= 0.3 is 0 Å². The van der Waals surface area contributed by atoms with Gasteiger partial charge in [0.1, 0.15) is 5.75 Å². The molecule has 1 atom stereocenters. The van der Waals surface area contributed by atoms with Gasteiger partial charge in [0.2, 0.25) is 0 Å². The van der Waals surface area contributed by atoms with E-state index in [0.29, 0.717) is 28.8 Å². The highest BCUT2D eigenvalue weighted by molar-refractivity contribution is 14.1. The van der Waals surface area contributed by atoms with Gasteiger partial charge in [0, 0.05) is 16.2 Å². The van der Waals surface area contributed by atoms with Crippen LogP contribution in [0.1, 0.15) is 23.2 Å². The molecule has 1 aliphatic carbocycles. The largest absolute Gasteiger partial charge is 0.496 e. The van der Waals surface area contributed by atoms with E-state index in [9.17, 15) is 4.79 Å². The summed E-state index contributed by atoms with van der Waals surface area (Å²) in [6, 6.07) is 3.41. The number of carbonyl (C=O) groups excluding carboxylic acids is 1. The number of amides is 1. The van der Waals surface area contributed by atoms with Gasteiger partial charge in [-0.05, 0) is 53.5 Å². The molecule has 1 fully saturated rings. The number of ether oxygens (including phenoxy) is 1. The summed E-state index contributed by atoms with van der Waals surface area (Å²) in [5, 5.41) is 3.38. The van der Waals surface area contributed by atoms with E-state index in [1.807, 2.05) is 0 Å². The summed E-state index contributed by atoms with van der Waals surface area (Å²) in [4.78, 5) is 12.1. The van der Waals surface area contributed by atoms with Gasteiger partial charge in [0.05, 0.1) is 17.7 Å². The molecule has 0 spiro atoms. The van der Waals surface area contributed by atoms with Crippen molar-refractivity contribution in [2.45, 2.75) is 18.9 Å². The van der Waals surface area contributed by atoms with Crippen molar-refractivity contribution in [3.63, 3.8) is 0 Å². The molecule has 1 unspecified atom stereocenters. The standard InChI is InChI=1S/C13H16ClIN2O2/c1-19-12-5-10(15)9(14)4-8(12)13(18)17-6-11(16)7-2-3-7/h4-5,7,11H,2-3,6,16H2,1H3,(H,17,18). The Bertz CT molecular complexity index is 492. The molecule has 104 valence electrons. The summed E-state index contributed by atoms with van der Waals surface area (Å²) in [5.41, 5.74) is 6.40. The minimum Gasteiger partial charge on any atom is -0.496 e. The zero-order valence-corrected chi connectivity index (χ0v) is 13.5. The van der Waals surface area contributed by atoms with Gasteiger partial charge in [0.25, 0.3) is 5.91 Å². The lowest BCUT2D eigenvalue weighted by atomic mass is 10.1. The summed E-state index contributed by atoms with van der Waals surface area (Å²) < 4.78 is 6.06. The lowest BCUT2D eigenvalue weighted by molar-refractivity contribution is 0.0947. The van der Waals surface area contributed by atoms with Crippen LogP contribution < -0.4 is 15.8 Å². The molecule has 3 N–H and O–H groups in total. The Morgan fingerprint density at radius 2 is 2.32 bits per heavy atom. The van der Waals surface area contributed by atoms with Gasteiger partial charge in [-0.2, -0.15) is 0 Å². The molecular weight excluding hydrogens is 379 g/mol. The highest BCUT2D eigenvalue weighted by Gasteiger charge is 2.28. The van der Waals surface area contributed by atoms with Crippen LogP contribution in [0.2, 0.25) is 5.02 Å². The Labute approximate surface area is 131 Å². The summed E-state index contributed by atoms with van der Waals surface area (Å²) in [6.07, 6.45) is 2.32. The van der Waals surface area contributed by atoms with Crippen LogP contribution in [0.15, 0.2) is 12.1 Å².